The summed E-state index contributed by atoms with van der Waals surface area (Å²) < 4.78 is 10.9. The third-order valence-corrected chi connectivity index (χ3v) is 8.02. The molecule has 0 aliphatic rings. The van der Waals surface area contributed by atoms with Gasteiger partial charge in [-0.2, -0.15) is 0 Å². The zero-order chi connectivity index (χ0) is 32.0. The van der Waals surface area contributed by atoms with Crippen LogP contribution in [0, 0.1) is 0 Å². The number of amides is 1. The smallest absolute Gasteiger partial charge is 0.336 e. The highest BCUT2D eigenvalue weighted by molar-refractivity contribution is 5.88. The first-order valence-corrected chi connectivity index (χ1v) is 15.7. The summed E-state index contributed by atoms with van der Waals surface area (Å²) in [5, 5.41) is 23.7. The number of benzene rings is 4. The molecule has 45 heavy (non-hydrogen) atoms. The summed E-state index contributed by atoms with van der Waals surface area (Å²) in [6.45, 7) is -0.254. The molecule has 0 saturated carbocycles. The van der Waals surface area contributed by atoms with Gasteiger partial charge in [0.05, 0.1) is 0 Å². The van der Waals surface area contributed by atoms with Crippen LogP contribution < -0.4 is 0 Å². The second-order valence-electron chi connectivity index (χ2n) is 11.5. The van der Waals surface area contributed by atoms with Gasteiger partial charge in [-0.3, -0.25) is 4.79 Å². The second kappa shape index (κ2) is 17.3. The van der Waals surface area contributed by atoms with Gasteiger partial charge < -0.3 is 24.6 Å². The number of likely N-dealkylation sites (N-methyl/N-ethyl adjacent to an activating group) is 1. The maximum atomic E-state index is 13.4. The summed E-state index contributed by atoms with van der Waals surface area (Å²) >= 11 is 0. The van der Waals surface area contributed by atoms with Crippen LogP contribution in [-0.4, -0.2) is 72.0 Å². The molecule has 0 radical (unpaired) electrons. The van der Waals surface area contributed by atoms with Crippen molar-refractivity contribution in [1.82, 2.24) is 4.90 Å². The van der Waals surface area contributed by atoms with Crippen molar-refractivity contribution < 1.29 is 34.1 Å². The van der Waals surface area contributed by atoms with E-state index in [4.69, 9.17) is 14.6 Å². The molecular weight excluding hydrogens is 570 g/mol. The molecular formula is C37H43NO7. The highest BCUT2D eigenvalue weighted by Gasteiger charge is 2.37. The molecule has 0 aromatic heterocycles. The van der Waals surface area contributed by atoms with Crippen molar-refractivity contribution in [2.45, 2.75) is 63.6 Å². The maximum Gasteiger partial charge on any atom is 0.336 e. The Morgan fingerprint density at radius 1 is 0.644 bits per heavy atom. The molecule has 8 nitrogen and oxygen atoms in total. The quantitative estimate of drug-likeness (QED) is 0.116. The number of fused-ring (bicyclic) bond motifs is 2. The molecule has 4 rings (SSSR count). The molecule has 4 aromatic carbocycles. The number of nitrogens with zero attached hydrogens (tertiary/aromatic N) is 1. The van der Waals surface area contributed by atoms with Gasteiger partial charge in [0.25, 0.3) is 5.91 Å². The fourth-order valence-corrected chi connectivity index (χ4v) is 5.53. The van der Waals surface area contributed by atoms with E-state index in [2.05, 4.69) is 60.7 Å². The third-order valence-electron chi connectivity index (χ3n) is 8.02. The predicted octanol–water partition coefficient (Wildman–Crippen LogP) is 6.52. The summed E-state index contributed by atoms with van der Waals surface area (Å²) in [5.74, 6) is -3.28. The van der Waals surface area contributed by atoms with Gasteiger partial charge in [0.2, 0.25) is 0 Å². The van der Waals surface area contributed by atoms with Gasteiger partial charge in [0.15, 0.2) is 12.2 Å². The second-order valence-corrected chi connectivity index (χ2v) is 11.5. The van der Waals surface area contributed by atoms with Crippen LogP contribution in [0.2, 0.25) is 0 Å². The van der Waals surface area contributed by atoms with Crippen molar-refractivity contribution in [3.05, 3.63) is 96.1 Å². The highest BCUT2D eigenvalue weighted by atomic mass is 16.6. The molecule has 0 heterocycles. The van der Waals surface area contributed by atoms with Gasteiger partial charge in [-0.15, -0.1) is 0 Å². The van der Waals surface area contributed by atoms with Gasteiger partial charge >= 0.3 is 11.9 Å². The lowest BCUT2D eigenvalue weighted by Crippen LogP contribution is -2.50. The SMILES string of the molecule is CN(CCCCCc1ccc2ccccc2c1)C(=O)[C@H](OCCCCCc1ccc2ccccc2c1)[C@@H](OCC(=O)O)C(=O)O. The number of hydrogen-bond donors (Lipinski definition) is 2. The lowest BCUT2D eigenvalue weighted by atomic mass is 10.0. The van der Waals surface area contributed by atoms with Crippen molar-refractivity contribution in [1.29, 1.82) is 0 Å². The van der Waals surface area contributed by atoms with Gasteiger partial charge in [-0.1, -0.05) is 97.8 Å². The third kappa shape index (κ3) is 10.4. The number of carboxylic acids is 2. The molecule has 0 bridgehead atoms. The topological polar surface area (TPSA) is 113 Å². The number of aryl methyl sites for hydroxylation is 2. The van der Waals surface area contributed by atoms with Crippen molar-refractivity contribution in [3.63, 3.8) is 0 Å². The molecule has 0 saturated heterocycles. The summed E-state index contributed by atoms with van der Waals surface area (Å²) in [6, 6.07) is 29.4. The molecule has 0 fully saturated rings. The van der Waals surface area contributed by atoms with Crippen LogP contribution in [0.5, 0.6) is 0 Å². The number of ether oxygens (including phenoxy) is 2. The Bertz CT molecular complexity index is 1570. The normalized spacial score (nSPS) is 12.6. The van der Waals surface area contributed by atoms with Crippen molar-refractivity contribution >= 4 is 39.4 Å². The fourth-order valence-electron chi connectivity index (χ4n) is 5.53. The van der Waals surface area contributed by atoms with Crippen LogP contribution in [-0.2, 0) is 36.7 Å². The van der Waals surface area contributed by atoms with E-state index in [1.54, 1.807) is 7.05 Å². The van der Waals surface area contributed by atoms with E-state index in [1.807, 2.05) is 24.3 Å². The molecule has 2 atom stereocenters. The minimum atomic E-state index is -1.72. The number of rotatable bonds is 19. The molecule has 0 aliphatic heterocycles. The molecule has 2 N–H and O–H groups in total. The Hall–Kier alpha value is -4.27. The number of carbonyl (C=O) groups is 3. The molecule has 0 unspecified atom stereocenters. The summed E-state index contributed by atoms with van der Waals surface area (Å²) in [7, 11) is 1.61. The van der Waals surface area contributed by atoms with E-state index in [9.17, 15) is 19.5 Å². The maximum absolute atomic E-state index is 13.4. The van der Waals surface area contributed by atoms with Crippen molar-refractivity contribution in [3.8, 4) is 0 Å². The summed E-state index contributed by atoms with van der Waals surface area (Å²) in [5.41, 5.74) is 2.51. The lowest BCUT2D eigenvalue weighted by Gasteiger charge is -2.27. The van der Waals surface area contributed by atoms with E-state index in [0.29, 0.717) is 13.0 Å². The van der Waals surface area contributed by atoms with Gasteiger partial charge in [-0.25, -0.2) is 9.59 Å². The van der Waals surface area contributed by atoms with Crippen LogP contribution in [0.1, 0.15) is 49.7 Å². The fraction of sp³-hybridized carbons (Fsp3) is 0.378. The number of aliphatic carboxylic acids is 2. The van der Waals surface area contributed by atoms with Crippen LogP contribution >= 0.6 is 0 Å². The molecule has 0 spiro atoms. The average Bonchev–Trinajstić information content (AvgIpc) is 3.04. The minimum Gasteiger partial charge on any atom is -0.480 e. The number of hydrogen-bond acceptors (Lipinski definition) is 5. The van der Waals surface area contributed by atoms with Gasteiger partial charge in [0, 0.05) is 20.2 Å². The molecule has 0 aliphatic carbocycles. The first-order valence-electron chi connectivity index (χ1n) is 15.7. The predicted molar refractivity (Wildman–Crippen MR) is 175 cm³/mol. The summed E-state index contributed by atoms with van der Waals surface area (Å²) in [6.07, 6.45) is 3.63. The Kier molecular flexibility index (Phi) is 12.9. The molecule has 1 amide bonds. The van der Waals surface area contributed by atoms with E-state index in [0.717, 1.165) is 44.9 Å². The number of carboxylic acid groups (broad SMARTS) is 2. The van der Waals surface area contributed by atoms with Crippen LogP contribution in [0.4, 0.5) is 0 Å². The van der Waals surface area contributed by atoms with Crippen LogP contribution in [0.25, 0.3) is 21.5 Å². The molecule has 238 valence electrons. The monoisotopic (exact) mass is 613 g/mol. The van der Waals surface area contributed by atoms with Crippen molar-refractivity contribution in [2.75, 3.05) is 26.8 Å². The molecule has 4 aromatic rings. The minimum absolute atomic E-state index is 0.161. The van der Waals surface area contributed by atoms with E-state index >= 15 is 0 Å². The van der Waals surface area contributed by atoms with E-state index in [-0.39, 0.29) is 6.61 Å². The first-order chi connectivity index (χ1) is 21.8. The van der Waals surface area contributed by atoms with Gasteiger partial charge in [-0.05, 0) is 71.2 Å². The van der Waals surface area contributed by atoms with Crippen LogP contribution in [0.3, 0.4) is 0 Å². The highest BCUT2D eigenvalue weighted by Crippen LogP contribution is 2.19. The number of carbonyl (C=O) groups excluding carboxylic acids is 1. The standard InChI is InChI=1S/C37H43NO7/c1-38(22-10-2-4-12-27-18-20-29-14-6-8-16-31(29)24-27)36(41)34(35(37(42)43)45-26-33(39)40)44-23-11-3-5-13-28-19-21-30-15-7-9-17-32(30)25-28/h6-9,14-21,24-25,34-35H,2-5,10-13,22-23,26H2,1H3,(H,39,40)(H,42,43)/t34-,35-/m1/s1. The Labute approximate surface area is 264 Å². The zero-order valence-electron chi connectivity index (χ0n) is 25.9. The largest absolute Gasteiger partial charge is 0.480 e. The number of unbranched alkanes of at least 4 members (excludes halogenated alkanes) is 4. The lowest BCUT2D eigenvalue weighted by molar-refractivity contribution is -0.175. The zero-order valence-corrected chi connectivity index (χ0v) is 25.9. The van der Waals surface area contributed by atoms with Crippen LogP contribution in [0.15, 0.2) is 84.9 Å². The Balaban J connectivity index is 1.24. The molecule has 8 heteroatoms. The Morgan fingerprint density at radius 2 is 1.18 bits per heavy atom. The van der Waals surface area contributed by atoms with Gasteiger partial charge in [0.1, 0.15) is 6.61 Å². The Morgan fingerprint density at radius 3 is 1.71 bits per heavy atom. The average molecular weight is 614 g/mol. The summed E-state index contributed by atoms with van der Waals surface area (Å²) in [4.78, 5) is 37.9. The first kappa shape index (κ1) is 33.6. The van der Waals surface area contributed by atoms with Crippen molar-refractivity contribution in [2.24, 2.45) is 0 Å². The van der Waals surface area contributed by atoms with E-state index < -0.39 is 36.7 Å². The van der Waals surface area contributed by atoms with E-state index in [1.165, 1.54) is 37.6 Å².